The molecule has 0 amide bonds. The summed E-state index contributed by atoms with van der Waals surface area (Å²) >= 11 is 0. The van der Waals surface area contributed by atoms with Crippen molar-refractivity contribution in [1.82, 2.24) is 5.32 Å². The molecule has 1 aromatic rings. The summed E-state index contributed by atoms with van der Waals surface area (Å²) in [5.74, 6) is 0.817. The quantitative estimate of drug-likeness (QED) is 0.873. The molecule has 4 nitrogen and oxygen atoms in total. The van der Waals surface area contributed by atoms with Gasteiger partial charge in [-0.25, -0.2) is 0 Å². The van der Waals surface area contributed by atoms with Crippen LogP contribution in [0.15, 0.2) is 24.3 Å². The highest BCUT2D eigenvalue weighted by Gasteiger charge is 2.41. The van der Waals surface area contributed by atoms with Gasteiger partial charge in [0.25, 0.3) is 0 Å². The molecular weight excluding hydrogens is 264 g/mol. The largest absolute Gasteiger partial charge is 0.490 e. The van der Waals surface area contributed by atoms with Crippen molar-refractivity contribution >= 4 is 0 Å². The van der Waals surface area contributed by atoms with Crippen LogP contribution in [0.1, 0.15) is 44.1 Å². The first kappa shape index (κ1) is 14.4. The molecule has 2 N–H and O–H groups in total. The zero-order valence-corrected chi connectivity index (χ0v) is 12.2. The lowest BCUT2D eigenvalue weighted by Crippen LogP contribution is -2.50. The topological polar surface area (TPSA) is 65.3 Å². The third-order valence-corrected chi connectivity index (χ3v) is 4.39. The lowest BCUT2D eigenvalue weighted by molar-refractivity contribution is 0.112. The van der Waals surface area contributed by atoms with E-state index in [2.05, 4.69) is 11.4 Å². The number of hydrogen-bond donors (Lipinski definition) is 2. The summed E-state index contributed by atoms with van der Waals surface area (Å²) in [5.41, 5.74) is 0.475. The van der Waals surface area contributed by atoms with Crippen molar-refractivity contribution in [1.29, 1.82) is 5.26 Å². The van der Waals surface area contributed by atoms with Crippen LogP contribution in [0.4, 0.5) is 0 Å². The molecule has 0 spiro atoms. The van der Waals surface area contributed by atoms with E-state index < -0.39 is 5.54 Å². The van der Waals surface area contributed by atoms with E-state index in [1.54, 1.807) is 0 Å². The molecule has 21 heavy (non-hydrogen) atoms. The smallest absolute Gasteiger partial charge is 0.119 e. The second-order valence-corrected chi connectivity index (χ2v) is 6.25. The second kappa shape index (κ2) is 6.05. The van der Waals surface area contributed by atoms with Crippen LogP contribution in [0, 0.1) is 11.3 Å². The van der Waals surface area contributed by atoms with Gasteiger partial charge in [0.2, 0.25) is 0 Å². The molecule has 0 saturated heterocycles. The average Bonchev–Trinajstić information content (AvgIpc) is 3.32. The fourth-order valence-corrected chi connectivity index (χ4v) is 3.07. The number of ether oxygens (including phenoxy) is 1. The minimum Gasteiger partial charge on any atom is -0.490 e. The number of nitrogens with zero attached hydrogens (tertiary/aromatic N) is 1. The molecule has 2 unspecified atom stereocenters. The SMILES string of the molecule is N#CC1(NC2CC2)CCCC(Oc2ccc(CO)cc2)C1. The Bertz CT molecular complexity index is 519. The monoisotopic (exact) mass is 286 g/mol. The highest BCUT2D eigenvalue weighted by Crippen LogP contribution is 2.34. The number of aliphatic hydroxyl groups excluding tert-OH is 1. The lowest BCUT2D eigenvalue weighted by Gasteiger charge is -2.36. The van der Waals surface area contributed by atoms with Gasteiger partial charge in [0, 0.05) is 12.5 Å². The van der Waals surface area contributed by atoms with Crippen molar-refractivity contribution in [3.63, 3.8) is 0 Å². The van der Waals surface area contributed by atoms with Crippen LogP contribution in [0.3, 0.4) is 0 Å². The summed E-state index contributed by atoms with van der Waals surface area (Å²) < 4.78 is 6.04. The maximum atomic E-state index is 9.57. The first-order valence-corrected chi connectivity index (χ1v) is 7.78. The molecule has 3 rings (SSSR count). The van der Waals surface area contributed by atoms with Gasteiger partial charge in [-0.1, -0.05) is 12.1 Å². The van der Waals surface area contributed by atoms with Crippen LogP contribution in [0.2, 0.25) is 0 Å². The van der Waals surface area contributed by atoms with Crippen molar-refractivity contribution in [2.45, 2.75) is 62.8 Å². The minimum absolute atomic E-state index is 0.0482. The Balaban J connectivity index is 1.63. The first-order valence-electron chi connectivity index (χ1n) is 7.78. The van der Waals surface area contributed by atoms with Crippen LogP contribution in [-0.2, 0) is 6.61 Å². The molecule has 1 aromatic carbocycles. The van der Waals surface area contributed by atoms with Crippen LogP contribution in [0.5, 0.6) is 5.75 Å². The van der Waals surface area contributed by atoms with E-state index in [4.69, 9.17) is 9.84 Å². The van der Waals surface area contributed by atoms with Crippen LogP contribution in [-0.4, -0.2) is 22.8 Å². The predicted molar refractivity (Wildman–Crippen MR) is 79.8 cm³/mol. The standard InChI is InChI=1S/C17H22N2O2/c18-12-17(19-14-5-6-14)9-1-2-16(10-17)21-15-7-3-13(11-20)4-8-15/h3-4,7-8,14,16,19-20H,1-2,5-6,9-11H2. The fraction of sp³-hybridized carbons (Fsp3) is 0.588. The molecule has 112 valence electrons. The molecule has 2 fully saturated rings. The summed E-state index contributed by atoms with van der Waals surface area (Å²) in [7, 11) is 0. The van der Waals surface area contributed by atoms with E-state index in [0.717, 1.165) is 37.0 Å². The van der Waals surface area contributed by atoms with Gasteiger partial charge in [0.1, 0.15) is 17.4 Å². The zero-order valence-electron chi connectivity index (χ0n) is 12.2. The molecule has 4 heteroatoms. The van der Waals surface area contributed by atoms with Crippen molar-refractivity contribution in [3.8, 4) is 11.8 Å². The highest BCUT2D eigenvalue weighted by molar-refractivity contribution is 5.27. The van der Waals surface area contributed by atoms with Gasteiger partial charge < -0.3 is 9.84 Å². The molecular formula is C17H22N2O2. The van der Waals surface area contributed by atoms with Gasteiger partial charge >= 0.3 is 0 Å². The Labute approximate surface area is 125 Å². The fourth-order valence-electron chi connectivity index (χ4n) is 3.07. The Morgan fingerprint density at radius 2 is 2.05 bits per heavy atom. The van der Waals surface area contributed by atoms with Gasteiger partial charge in [-0.2, -0.15) is 5.26 Å². The third-order valence-electron chi connectivity index (χ3n) is 4.39. The molecule has 2 aliphatic carbocycles. The summed E-state index contributed by atoms with van der Waals surface area (Å²) in [4.78, 5) is 0. The first-order chi connectivity index (χ1) is 10.2. The minimum atomic E-state index is -0.408. The predicted octanol–water partition coefficient (Wildman–Crippen LogP) is 2.51. The Morgan fingerprint density at radius 3 is 2.67 bits per heavy atom. The number of aliphatic hydroxyl groups is 1. The zero-order chi connectivity index (χ0) is 14.7. The molecule has 0 aliphatic heterocycles. The summed E-state index contributed by atoms with van der Waals surface area (Å²) in [6, 6.07) is 10.6. The van der Waals surface area contributed by atoms with Gasteiger partial charge in [-0.15, -0.1) is 0 Å². The van der Waals surface area contributed by atoms with E-state index >= 15 is 0 Å². The van der Waals surface area contributed by atoms with E-state index in [0.29, 0.717) is 6.04 Å². The van der Waals surface area contributed by atoms with E-state index in [-0.39, 0.29) is 12.7 Å². The van der Waals surface area contributed by atoms with E-state index in [9.17, 15) is 5.26 Å². The maximum absolute atomic E-state index is 9.57. The van der Waals surface area contributed by atoms with Crippen molar-refractivity contribution in [2.75, 3.05) is 0 Å². The van der Waals surface area contributed by atoms with Crippen LogP contribution < -0.4 is 10.1 Å². The molecule has 2 saturated carbocycles. The summed E-state index contributed by atoms with van der Waals surface area (Å²) in [6.07, 6.45) is 6.16. The maximum Gasteiger partial charge on any atom is 0.119 e. The lowest BCUT2D eigenvalue weighted by atomic mass is 9.81. The van der Waals surface area contributed by atoms with E-state index in [1.807, 2.05) is 24.3 Å². The number of nitriles is 1. The molecule has 2 aliphatic rings. The molecule has 0 radical (unpaired) electrons. The van der Waals surface area contributed by atoms with Gasteiger partial charge in [0.05, 0.1) is 12.7 Å². The molecule has 0 heterocycles. The number of hydrogen-bond acceptors (Lipinski definition) is 4. The van der Waals surface area contributed by atoms with E-state index in [1.165, 1.54) is 12.8 Å². The van der Waals surface area contributed by atoms with Gasteiger partial charge in [-0.3, -0.25) is 5.32 Å². The normalized spacial score (nSPS) is 28.9. The molecule has 0 bridgehead atoms. The Kier molecular flexibility index (Phi) is 4.14. The van der Waals surface area contributed by atoms with Crippen molar-refractivity contribution in [2.24, 2.45) is 0 Å². The Hall–Kier alpha value is -1.57. The van der Waals surface area contributed by atoms with Gasteiger partial charge in [0.15, 0.2) is 0 Å². The molecule has 0 aromatic heterocycles. The Morgan fingerprint density at radius 1 is 1.29 bits per heavy atom. The number of nitrogens with one attached hydrogen (secondary N) is 1. The van der Waals surface area contributed by atoms with Gasteiger partial charge in [-0.05, 0) is 49.8 Å². The number of rotatable bonds is 5. The third kappa shape index (κ3) is 3.55. The summed E-state index contributed by atoms with van der Waals surface area (Å²) in [5, 5.41) is 22.1. The summed E-state index contributed by atoms with van der Waals surface area (Å²) in [6.45, 7) is 0.0482. The van der Waals surface area contributed by atoms with Crippen LogP contribution in [0.25, 0.3) is 0 Å². The van der Waals surface area contributed by atoms with Crippen molar-refractivity contribution in [3.05, 3.63) is 29.8 Å². The van der Waals surface area contributed by atoms with Crippen LogP contribution >= 0.6 is 0 Å². The average molecular weight is 286 g/mol. The van der Waals surface area contributed by atoms with Crippen molar-refractivity contribution < 1.29 is 9.84 Å². The second-order valence-electron chi connectivity index (χ2n) is 6.25. The number of benzene rings is 1. The highest BCUT2D eigenvalue weighted by atomic mass is 16.5. The molecule has 2 atom stereocenters.